The molecule has 0 unspecified atom stereocenters. The highest BCUT2D eigenvalue weighted by atomic mass is 16.3. The summed E-state index contributed by atoms with van der Waals surface area (Å²) in [6.07, 6.45) is 1.91. The van der Waals surface area contributed by atoms with Crippen LogP contribution in [0.25, 0.3) is 82.5 Å². The highest BCUT2D eigenvalue weighted by molar-refractivity contribution is 6.21. The van der Waals surface area contributed by atoms with Crippen molar-refractivity contribution in [1.29, 1.82) is 0 Å². The molecule has 4 nitrogen and oxygen atoms in total. The predicted molar refractivity (Wildman–Crippen MR) is 164 cm³/mol. The van der Waals surface area contributed by atoms with Gasteiger partial charge in [-0.25, -0.2) is 9.97 Å². The summed E-state index contributed by atoms with van der Waals surface area (Å²) in [4.78, 5) is 9.71. The van der Waals surface area contributed by atoms with Gasteiger partial charge in [-0.2, -0.15) is 0 Å². The average Bonchev–Trinajstić information content (AvgIpc) is 3.57. The Morgan fingerprint density at radius 1 is 0.575 bits per heavy atom. The van der Waals surface area contributed by atoms with E-state index in [1.54, 1.807) is 0 Å². The molecule has 9 rings (SSSR count). The van der Waals surface area contributed by atoms with Gasteiger partial charge in [0.25, 0.3) is 0 Å². The number of hydrogen-bond acceptors (Lipinski definition) is 3. The van der Waals surface area contributed by atoms with Crippen LogP contribution in [0.1, 0.15) is 0 Å². The molecule has 0 atom stereocenters. The molecule has 0 aliphatic rings. The van der Waals surface area contributed by atoms with Crippen LogP contribution in [0.5, 0.6) is 0 Å². The van der Waals surface area contributed by atoms with Crippen LogP contribution in [0.15, 0.2) is 132 Å². The van der Waals surface area contributed by atoms with Gasteiger partial charge in [-0.05, 0) is 46.7 Å². The topological polar surface area (TPSA) is 43.9 Å². The fraction of sp³-hybridized carbons (Fsp3) is 0. The fourth-order valence-electron chi connectivity index (χ4n) is 6.23. The Labute approximate surface area is 228 Å². The van der Waals surface area contributed by atoms with Gasteiger partial charge in [0.15, 0.2) is 0 Å². The van der Waals surface area contributed by atoms with Crippen LogP contribution >= 0.6 is 0 Å². The second-order valence-electron chi connectivity index (χ2n) is 10.3. The number of aromatic nitrogens is 3. The maximum Gasteiger partial charge on any atom is 0.235 e. The maximum atomic E-state index is 6.34. The highest BCUT2D eigenvalue weighted by Crippen LogP contribution is 2.40. The van der Waals surface area contributed by atoms with Crippen LogP contribution in [0.3, 0.4) is 0 Å². The van der Waals surface area contributed by atoms with Gasteiger partial charge in [-0.1, -0.05) is 91.0 Å². The van der Waals surface area contributed by atoms with Crippen molar-refractivity contribution in [2.24, 2.45) is 0 Å². The molecule has 3 aromatic heterocycles. The Bertz CT molecular complexity index is 2450. The van der Waals surface area contributed by atoms with E-state index in [9.17, 15) is 0 Å². The largest absolute Gasteiger partial charge is 0.455 e. The number of para-hydroxylation sites is 4. The molecule has 0 saturated heterocycles. The van der Waals surface area contributed by atoms with Crippen molar-refractivity contribution < 1.29 is 4.42 Å². The van der Waals surface area contributed by atoms with Gasteiger partial charge >= 0.3 is 0 Å². The van der Waals surface area contributed by atoms with Gasteiger partial charge in [0, 0.05) is 38.7 Å². The second-order valence-corrected chi connectivity index (χ2v) is 10.3. The van der Waals surface area contributed by atoms with Crippen LogP contribution in [0, 0.1) is 0 Å². The molecule has 0 saturated carbocycles. The lowest BCUT2D eigenvalue weighted by Gasteiger charge is -2.08. The first-order valence-corrected chi connectivity index (χ1v) is 13.4. The monoisotopic (exact) mass is 511 g/mol. The van der Waals surface area contributed by atoms with Crippen molar-refractivity contribution >= 4 is 65.4 Å². The molecule has 0 aliphatic carbocycles. The second kappa shape index (κ2) is 8.01. The van der Waals surface area contributed by atoms with Crippen LogP contribution < -0.4 is 0 Å². The quantitative estimate of drug-likeness (QED) is 0.232. The smallest absolute Gasteiger partial charge is 0.235 e. The van der Waals surface area contributed by atoms with E-state index in [1.165, 1.54) is 21.5 Å². The van der Waals surface area contributed by atoms with E-state index in [2.05, 4.69) is 89.5 Å². The van der Waals surface area contributed by atoms with Gasteiger partial charge in [0.1, 0.15) is 11.2 Å². The van der Waals surface area contributed by atoms with E-state index in [0.717, 1.165) is 55.0 Å². The van der Waals surface area contributed by atoms with Gasteiger partial charge in [0.05, 0.1) is 16.6 Å². The normalized spacial score (nSPS) is 12.0. The first-order chi connectivity index (χ1) is 19.8. The van der Waals surface area contributed by atoms with Gasteiger partial charge in [0.2, 0.25) is 5.95 Å². The molecular formula is C36H21N3O. The fourth-order valence-corrected chi connectivity index (χ4v) is 6.23. The van der Waals surface area contributed by atoms with E-state index < -0.39 is 0 Å². The molecule has 0 bridgehead atoms. The Morgan fingerprint density at radius 3 is 2.38 bits per heavy atom. The lowest BCUT2D eigenvalue weighted by Crippen LogP contribution is -2.00. The summed E-state index contributed by atoms with van der Waals surface area (Å²) in [7, 11) is 0. The number of rotatable bonds is 2. The summed E-state index contributed by atoms with van der Waals surface area (Å²) in [6.45, 7) is 0. The van der Waals surface area contributed by atoms with E-state index >= 15 is 0 Å². The molecule has 6 aromatic carbocycles. The molecule has 9 aromatic rings. The number of benzene rings is 6. The number of furan rings is 1. The zero-order chi connectivity index (χ0) is 26.2. The van der Waals surface area contributed by atoms with E-state index in [1.807, 2.05) is 42.6 Å². The van der Waals surface area contributed by atoms with Gasteiger partial charge in [-0.15, -0.1) is 0 Å². The zero-order valence-electron chi connectivity index (χ0n) is 21.4. The summed E-state index contributed by atoms with van der Waals surface area (Å²) in [5.74, 6) is 0.678. The molecule has 3 heterocycles. The first kappa shape index (κ1) is 21.5. The number of fused-ring (bicyclic) bond motifs is 9. The highest BCUT2D eigenvalue weighted by Gasteiger charge is 2.17. The molecule has 0 amide bonds. The summed E-state index contributed by atoms with van der Waals surface area (Å²) >= 11 is 0. The van der Waals surface area contributed by atoms with Gasteiger partial charge < -0.3 is 4.42 Å². The molecule has 186 valence electrons. The van der Waals surface area contributed by atoms with Crippen LogP contribution in [0.4, 0.5) is 0 Å². The van der Waals surface area contributed by atoms with Crippen molar-refractivity contribution in [3.8, 4) is 17.1 Å². The molecule has 0 spiro atoms. The summed E-state index contributed by atoms with van der Waals surface area (Å²) < 4.78 is 8.52. The molecule has 0 radical (unpaired) electrons. The van der Waals surface area contributed by atoms with E-state index in [-0.39, 0.29) is 0 Å². The molecule has 4 heteroatoms. The number of hydrogen-bond donors (Lipinski definition) is 0. The van der Waals surface area contributed by atoms with Crippen LogP contribution in [0.2, 0.25) is 0 Å². The third-order valence-electron chi connectivity index (χ3n) is 8.04. The SMILES string of the molecule is c1ccc2nc(-n3c4ccccc4c4c5ccc(-c6cccc7c6oc6ccccc67)cc5ccc43)ncc2c1. The number of nitrogens with zero attached hydrogens (tertiary/aromatic N) is 3. The van der Waals surface area contributed by atoms with E-state index in [4.69, 9.17) is 14.4 Å². The Hall–Kier alpha value is -5.48. The van der Waals surface area contributed by atoms with E-state index in [0.29, 0.717) is 5.95 Å². The third kappa shape index (κ3) is 2.96. The molecular weight excluding hydrogens is 490 g/mol. The van der Waals surface area contributed by atoms with Crippen molar-refractivity contribution in [3.63, 3.8) is 0 Å². The van der Waals surface area contributed by atoms with Crippen molar-refractivity contribution in [2.45, 2.75) is 0 Å². The minimum Gasteiger partial charge on any atom is -0.455 e. The van der Waals surface area contributed by atoms with Gasteiger partial charge in [-0.3, -0.25) is 4.57 Å². The van der Waals surface area contributed by atoms with Crippen LogP contribution in [-0.4, -0.2) is 14.5 Å². The van der Waals surface area contributed by atoms with Crippen molar-refractivity contribution in [3.05, 3.63) is 128 Å². The van der Waals surface area contributed by atoms with Crippen molar-refractivity contribution in [2.75, 3.05) is 0 Å². The molecule has 0 N–H and O–H groups in total. The summed E-state index contributed by atoms with van der Waals surface area (Å²) in [5, 5.41) is 8.09. The minimum atomic E-state index is 0.678. The Morgan fingerprint density at radius 2 is 1.40 bits per heavy atom. The minimum absolute atomic E-state index is 0.678. The van der Waals surface area contributed by atoms with Crippen molar-refractivity contribution in [1.82, 2.24) is 14.5 Å². The molecule has 0 aliphatic heterocycles. The van der Waals surface area contributed by atoms with Crippen LogP contribution in [-0.2, 0) is 0 Å². The zero-order valence-corrected chi connectivity index (χ0v) is 21.4. The summed E-state index contributed by atoms with van der Waals surface area (Å²) in [5.41, 5.74) is 7.20. The Kier molecular flexibility index (Phi) is 4.30. The molecule has 0 fully saturated rings. The first-order valence-electron chi connectivity index (χ1n) is 13.4. The Balaban J connectivity index is 1.30. The maximum absolute atomic E-state index is 6.34. The standard InChI is InChI=1S/C36H21N3O/c1-4-13-30-24(8-1)21-37-36(38-30)39-31-14-5-2-10-29(31)34-25-18-16-23(20-22(25)17-19-32(34)39)26-11-7-12-28-27-9-3-6-15-33(27)40-35(26)28/h1-21H. The third-order valence-corrected chi connectivity index (χ3v) is 8.04. The average molecular weight is 512 g/mol. The lowest BCUT2D eigenvalue weighted by atomic mass is 9.97. The lowest BCUT2D eigenvalue weighted by molar-refractivity contribution is 0.670. The predicted octanol–water partition coefficient (Wildman–Crippen LogP) is 9.45. The molecule has 40 heavy (non-hydrogen) atoms. The summed E-state index contributed by atoms with van der Waals surface area (Å²) in [6, 6.07) is 42.4.